The molecule has 0 aliphatic carbocycles. The lowest BCUT2D eigenvalue weighted by molar-refractivity contribution is 0.102. The molecule has 3 heteroatoms. The highest BCUT2D eigenvalue weighted by atomic mass is 16.1. The van der Waals surface area contributed by atoms with Gasteiger partial charge in [0, 0.05) is 11.3 Å². The van der Waals surface area contributed by atoms with Crippen LogP contribution in [-0.2, 0) is 6.42 Å². The fourth-order valence-electron chi connectivity index (χ4n) is 1.79. The van der Waals surface area contributed by atoms with Gasteiger partial charge >= 0.3 is 0 Å². The summed E-state index contributed by atoms with van der Waals surface area (Å²) in [5.74, 6) is -0.128. The molecule has 0 radical (unpaired) electrons. The van der Waals surface area contributed by atoms with Gasteiger partial charge in [-0.3, -0.25) is 4.79 Å². The highest BCUT2D eigenvalue weighted by Crippen LogP contribution is 2.12. The predicted octanol–water partition coefficient (Wildman–Crippen LogP) is 3.31. The van der Waals surface area contributed by atoms with Gasteiger partial charge in [0.1, 0.15) is 0 Å². The van der Waals surface area contributed by atoms with E-state index in [1.54, 1.807) is 18.2 Å². The Hall–Kier alpha value is -2.60. The SMILES string of the molecule is Cc1cccc(C(=O)Nc2ccc(CC#N)cc2)c1. The molecule has 94 valence electrons. The van der Waals surface area contributed by atoms with E-state index in [0.717, 1.165) is 16.8 Å². The monoisotopic (exact) mass is 250 g/mol. The molecule has 0 spiro atoms. The zero-order chi connectivity index (χ0) is 13.7. The number of nitrogens with zero attached hydrogens (tertiary/aromatic N) is 1. The first kappa shape index (κ1) is 12.8. The third-order valence-electron chi connectivity index (χ3n) is 2.78. The molecule has 0 saturated heterocycles. The first-order chi connectivity index (χ1) is 9.19. The van der Waals surface area contributed by atoms with E-state index in [0.29, 0.717) is 12.0 Å². The van der Waals surface area contributed by atoms with Crippen LogP contribution in [0.2, 0.25) is 0 Å². The maximum absolute atomic E-state index is 12.0. The number of nitriles is 1. The van der Waals surface area contributed by atoms with Crippen LogP contribution in [0.5, 0.6) is 0 Å². The molecule has 2 aromatic rings. The Morgan fingerprint density at radius 2 is 1.95 bits per heavy atom. The van der Waals surface area contributed by atoms with E-state index in [2.05, 4.69) is 11.4 Å². The van der Waals surface area contributed by atoms with Crippen LogP contribution in [0.3, 0.4) is 0 Å². The fourth-order valence-corrected chi connectivity index (χ4v) is 1.79. The summed E-state index contributed by atoms with van der Waals surface area (Å²) in [5.41, 5.74) is 3.36. The number of amides is 1. The minimum atomic E-state index is -0.128. The average molecular weight is 250 g/mol. The van der Waals surface area contributed by atoms with E-state index >= 15 is 0 Å². The maximum atomic E-state index is 12.0. The van der Waals surface area contributed by atoms with Crippen molar-refractivity contribution in [3.05, 3.63) is 65.2 Å². The molecule has 0 fully saturated rings. The average Bonchev–Trinajstić information content (AvgIpc) is 2.41. The van der Waals surface area contributed by atoms with E-state index in [4.69, 9.17) is 5.26 Å². The van der Waals surface area contributed by atoms with Crippen molar-refractivity contribution in [3.63, 3.8) is 0 Å². The normalized spacial score (nSPS) is 9.68. The molecule has 0 heterocycles. The number of anilines is 1. The molecule has 0 aliphatic heterocycles. The second-order valence-corrected chi connectivity index (χ2v) is 4.36. The second-order valence-electron chi connectivity index (χ2n) is 4.36. The van der Waals surface area contributed by atoms with Crippen molar-refractivity contribution in [2.45, 2.75) is 13.3 Å². The molecule has 0 saturated carbocycles. The zero-order valence-corrected chi connectivity index (χ0v) is 10.7. The lowest BCUT2D eigenvalue weighted by Crippen LogP contribution is -2.11. The Balaban J connectivity index is 2.09. The molecule has 0 aliphatic rings. The van der Waals surface area contributed by atoms with E-state index in [1.165, 1.54) is 0 Å². The molecule has 2 aromatic carbocycles. The van der Waals surface area contributed by atoms with E-state index < -0.39 is 0 Å². The standard InChI is InChI=1S/C16H14N2O/c1-12-3-2-4-14(11-12)16(19)18-15-7-5-13(6-8-15)9-10-17/h2-8,11H,9H2,1H3,(H,18,19). The van der Waals surface area contributed by atoms with Crippen LogP contribution < -0.4 is 5.32 Å². The van der Waals surface area contributed by atoms with Crippen molar-refractivity contribution < 1.29 is 4.79 Å². The van der Waals surface area contributed by atoms with Crippen LogP contribution in [0.4, 0.5) is 5.69 Å². The first-order valence-corrected chi connectivity index (χ1v) is 6.03. The van der Waals surface area contributed by atoms with Gasteiger partial charge in [0.2, 0.25) is 0 Å². The van der Waals surface area contributed by atoms with Crippen molar-refractivity contribution in [2.75, 3.05) is 5.32 Å². The van der Waals surface area contributed by atoms with Crippen molar-refractivity contribution in [1.29, 1.82) is 5.26 Å². The van der Waals surface area contributed by atoms with E-state index in [1.807, 2.05) is 37.3 Å². The summed E-state index contributed by atoms with van der Waals surface area (Å²) in [4.78, 5) is 12.0. The number of benzene rings is 2. The highest BCUT2D eigenvalue weighted by Gasteiger charge is 2.05. The molecular weight excluding hydrogens is 236 g/mol. The van der Waals surface area contributed by atoms with Gasteiger partial charge in [0.15, 0.2) is 0 Å². The number of nitrogens with one attached hydrogen (secondary N) is 1. The molecule has 0 bridgehead atoms. The van der Waals surface area contributed by atoms with Crippen LogP contribution in [-0.4, -0.2) is 5.91 Å². The summed E-state index contributed by atoms with van der Waals surface area (Å²) in [6.07, 6.45) is 0.381. The summed E-state index contributed by atoms with van der Waals surface area (Å²) < 4.78 is 0. The topological polar surface area (TPSA) is 52.9 Å². The fraction of sp³-hybridized carbons (Fsp3) is 0.125. The van der Waals surface area contributed by atoms with Crippen molar-refractivity contribution in [3.8, 4) is 6.07 Å². The van der Waals surface area contributed by atoms with Crippen LogP contribution in [0.1, 0.15) is 21.5 Å². The lowest BCUT2D eigenvalue weighted by atomic mass is 10.1. The van der Waals surface area contributed by atoms with E-state index in [9.17, 15) is 4.79 Å². The van der Waals surface area contributed by atoms with Gasteiger partial charge in [-0.15, -0.1) is 0 Å². The zero-order valence-electron chi connectivity index (χ0n) is 10.7. The molecule has 19 heavy (non-hydrogen) atoms. The third-order valence-corrected chi connectivity index (χ3v) is 2.78. The van der Waals surface area contributed by atoms with E-state index in [-0.39, 0.29) is 5.91 Å². The molecule has 1 amide bonds. The Labute approximate surface area is 112 Å². The smallest absolute Gasteiger partial charge is 0.255 e. The largest absolute Gasteiger partial charge is 0.322 e. The Morgan fingerprint density at radius 1 is 1.21 bits per heavy atom. The quantitative estimate of drug-likeness (QED) is 0.908. The second kappa shape index (κ2) is 5.83. The van der Waals surface area contributed by atoms with Crippen molar-refractivity contribution >= 4 is 11.6 Å². The van der Waals surface area contributed by atoms with Crippen LogP contribution in [0.25, 0.3) is 0 Å². The Bertz CT molecular complexity index is 624. The summed E-state index contributed by atoms with van der Waals surface area (Å²) in [7, 11) is 0. The van der Waals surface area contributed by atoms with Gasteiger partial charge in [-0.2, -0.15) is 5.26 Å². The van der Waals surface area contributed by atoms with Gasteiger partial charge in [0.25, 0.3) is 5.91 Å². The molecule has 1 N–H and O–H groups in total. The van der Waals surface area contributed by atoms with Crippen LogP contribution >= 0.6 is 0 Å². The number of aryl methyl sites for hydroxylation is 1. The van der Waals surface area contributed by atoms with Gasteiger partial charge in [-0.05, 0) is 36.8 Å². The van der Waals surface area contributed by atoms with Gasteiger partial charge in [0.05, 0.1) is 12.5 Å². The van der Waals surface area contributed by atoms with Gasteiger partial charge in [-0.1, -0.05) is 29.8 Å². The molecule has 0 unspecified atom stereocenters. The maximum Gasteiger partial charge on any atom is 0.255 e. The number of carbonyl (C=O) groups is 1. The number of carbonyl (C=O) groups excluding carboxylic acids is 1. The number of rotatable bonds is 3. The molecule has 3 nitrogen and oxygen atoms in total. The van der Waals surface area contributed by atoms with Gasteiger partial charge < -0.3 is 5.32 Å². The minimum absolute atomic E-state index is 0.128. The Kier molecular flexibility index (Phi) is 3.94. The van der Waals surface area contributed by atoms with Gasteiger partial charge in [-0.25, -0.2) is 0 Å². The summed E-state index contributed by atoms with van der Waals surface area (Å²) in [5, 5.41) is 11.4. The van der Waals surface area contributed by atoms with Crippen LogP contribution in [0, 0.1) is 18.3 Å². The lowest BCUT2D eigenvalue weighted by Gasteiger charge is -2.06. The summed E-state index contributed by atoms with van der Waals surface area (Å²) in [6.45, 7) is 1.95. The first-order valence-electron chi connectivity index (χ1n) is 6.03. The molecular formula is C16H14N2O. The third kappa shape index (κ3) is 3.43. The number of hydrogen-bond donors (Lipinski definition) is 1. The minimum Gasteiger partial charge on any atom is -0.322 e. The summed E-state index contributed by atoms with van der Waals surface area (Å²) >= 11 is 0. The molecule has 0 aromatic heterocycles. The van der Waals surface area contributed by atoms with Crippen molar-refractivity contribution in [1.82, 2.24) is 0 Å². The van der Waals surface area contributed by atoms with Crippen LogP contribution in [0.15, 0.2) is 48.5 Å². The van der Waals surface area contributed by atoms with Crippen molar-refractivity contribution in [2.24, 2.45) is 0 Å². The number of hydrogen-bond acceptors (Lipinski definition) is 2. The highest BCUT2D eigenvalue weighted by molar-refractivity contribution is 6.04. The summed E-state index contributed by atoms with van der Waals surface area (Å²) in [6, 6.07) is 16.8. The predicted molar refractivity (Wildman–Crippen MR) is 74.9 cm³/mol. The Morgan fingerprint density at radius 3 is 2.58 bits per heavy atom. The molecule has 2 rings (SSSR count). The molecule has 0 atom stereocenters.